The van der Waals surface area contributed by atoms with Crippen LogP contribution in [-0.4, -0.2) is 46.2 Å². The van der Waals surface area contributed by atoms with E-state index < -0.39 is 29.0 Å². The van der Waals surface area contributed by atoms with Gasteiger partial charge in [0.25, 0.3) is 5.91 Å². The van der Waals surface area contributed by atoms with Crippen LogP contribution in [0.25, 0.3) is 0 Å². The molecule has 33 heavy (non-hydrogen) atoms. The summed E-state index contributed by atoms with van der Waals surface area (Å²) in [6.07, 6.45) is -3.87. The largest absolute Gasteiger partial charge is 0.490 e. The van der Waals surface area contributed by atoms with Gasteiger partial charge in [0.2, 0.25) is 5.91 Å². The number of nitrogens with two attached hydrogens (primary N) is 1. The molecule has 0 saturated carbocycles. The number of hydrogen-bond acceptors (Lipinski definition) is 7. The maximum atomic E-state index is 13.2. The van der Waals surface area contributed by atoms with Crippen LogP contribution in [0.15, 0.2) is 36.4 Å². The quantitative estimate of drug-likeness (QED) is 0.419. The van der Waals surface area contributed by atoms with Gasteiger partial charge in [-0.15, -0.1) is 10.2 Å². The maximum absolute atomic E-state index is 13.2. The monoisotopic (exact) mass is 465 g/mol. The second-order valence-corrected chi connectivity index (χ2v) is 8.81. The molecule has 2 N–H and O–H groups in total. The summed E-state index contributed by atoms with van der Waals surface area (Å²) in [6.45, 7) is 5.92. The number of nitrogens with zero attached hydrogens (tertiary/aromatic N) is 4. The second kappa shape index (κ2) is 9.34. The molecular formula is C22H26F3N5O3. The number of ether oxygens (including phenoxy) is 1. The Kier molecular flexibility index (Phi) is 6.92. The SMILES string of the molecule is CC(C)(C)C(=O)N(N)C(=O)c1ccc(N2CCC(Oc3ccccc3C(F)(F)F)CC2)nn1. The molecule has 0 bridgehead atoms. The molecule has 2 amide bonds. The van der Waals surface area contributed by atoms with Gasteiger partial charge in [-0.05, 0) is 24.3 Å². The van der Waals surface area contributed by atoms with Gasteiger partial charge in [-0.1, -0.05) is 32.9 Å². The van der Waals surface area contributed by atoms with Gasteiger partial charge in [-0.25, -0.2) is 10.9 Å². The fourth-order valence-corrected chi connectivity index (χ4v) is 3.37. The minimum Gasteiger partial charge on any atom is -0.490 e. The van der Waals surface area contributed by atoms with E-state index in [1.807, 2.05) is 4.90 Å². The fourth-order valence-electron chi connectivity index (χ4n) is 3.37. The zero-order valence-corrected chi connectivity index (χ0v) is 18.6. The molecule has 1 fully saturated rings. The van der Waals surface area contributed by atoms with Crippen LogP contribution in [0.4, 0.5) is 19.0 Å². The molecule has 1 aliphatic heterocycles. The average molecular weight is 465 g/mol. The summed E-state index contributed by atoms with van der Waals surface area (Å²) in [5, 5.41) is 8.48. The predicted molar refractivity (Wildman–Crippen MR) is 114 cm³/mol. The summed E-state index contributed by atoms with van der Waals surface area (Å²) >= 11 is 0. The number of amides is 2. The second-order valence-electron chi connectivity index (χ2n) is 8.81. The number of carbonyl (C=O) groups excluding carboxylic acids is 2. The summed E-state index contributed by atoms with van der Waals surface area (Å²) in [5.41, 5.74) is -1.69. The molecule has 1 aliphatic rings. The standard InChI is InChI=1S/C22H26F3N5O3/c1-21(2,3)20(32)30(26)19(31)16-8-9-18(28-27-16)29-12-10-14(11-13-29)33-17-7-5-4-6-15(17)22(23,24)25/h4-9,14H,10-13,26H2,1-3H3. The van der Waals surface area contributed by atoms with E-state index in [1.54, 1.807) is 26.8 Å². The number of hydrogen-bond donors (Lipinski definition) is 1. The molecule has 1 aromatic carbocycles. The minimum absolute atomic E-state index is 0.0687. The highest BCUT2D eigenvalue weighted by atomic mass is 19.4. The lowest BCUT2D eigenvalue weighted by molar-refractivity contribution is -0.139. The summed E-state index contributed by atoms with van der Waals surface area (Å²) in [4.78, 5) is 26.5. The van der Waals surface area contributed by atoms with Crippen LogP contribution in [0.5, 0.6) is 5.75 Å². The number of carbonyl (C=O) groups is 2. The van der Waals surface area contributed by atoms with E-state index in [2.05, 4.69) is 10.2 Å². The highest BCUT2D eigenvalue weighted by Gasteiger charge is 2.35. The van der Waals surface area contributed by atoms with Crippen LogP contribution >= 0.6 is 0 Å². The number of rotatable bonds is 4. The zero-order chi connectivity index (χ0) is 24.4. The molecule has 0 atom stereocenters. The van der Waals surface area contributed by atoms with Crippen molar-refractivity contribution in [1.82, 2.24) is 15.2 Å². The molecule has 2 heterocycles. The van der Waals surface area contributed by atoms with Gasteiger partial charge in [-0.2, -0.15) is 13.2 Å². The van der Waals surface area contributed by atoms with Gasteiger partial charge in [0.05, 0.1) is 5.56 Å². The molecule has 1 aromatic heterocycles. The Morgan fingerprint density at radius 2 is 1.70 bits per heavy atom. The number of aromatic nitrogens is 2. The van der Waals surface area contributed by atoms with Crippen molar-refractivity contribution in [3.8, 4) is 5.75 Å². The van der Waals surface area contributed by atoms with Crippen molar-refractivity contribution < 1.29 is 27.5 Å². The van der Waals surface area contributed by atoms with E-state index in [1.165, 1.54) is 24.3 Å². The van der Waals surface area contributed by atoms with Crippen molar-refractivity contribution in [2.75, 3.05) is 18.0 Å². The third kappa shape index (κ3) is 5.78. The molecular weight excluding hydrogens is 439 g/mol. The van der Waals surface area contributed by atoms with E-state index in [4.69, 9.17) is 10.6 Å². The van der Waals surface area contributed by atoms with E-state index in [9.17, 15) is 22.8 Å². The van der Waals surface area contributed by atoms with Crippen LogP contribution in [0.3, 0.4) is 0 Å². The van der Waals surface area contributed by atoms with Crippen LogP contribution < -0.4 is 15.5 Å². The average Bonchev–Trinajstić information content (AvgIpc) is 2.77. The van der Waals surface area contributed by atoms with Crippen molar-refractivity contribution in [2.24, 2.45) is 11.3 Å². The lowest BCUT2D eigenvalue weighted by Crippen LogP contribution is -2.48. The van der Waals surface area contributed by atoms with Gasteiger partial charge >= 0.3 is 6.18 Å². The predicted octanol–water partition coefficient (Wildman–Crippen LogP) is 3.43. The Morgan fingerprint density at radius 1 is 1.06 bits per heavy atom. The molecule has 0 radical (unpaired) electrons. The molecule has 0 spiro atoms. The molecule has 8 nitrogen and oxygen atoms in total. The normalized spacial score (nSPS) is 15.3. The highest BCUT2D eigenvalue weighted by molar-refractivity contribution is 6.04. The Morgan fingerprint density at radius 3 is 2.24 bits per heavy atom. The van der Waals surface area contributed by atoms with E-state index in [0.717, 1.165) is 6.07 Å². The van der Waals surface area contributed by atoms with Gasteiger partial charge < -0.3 is 9.64 Å². The molecule has 2 aromatic rings. The maximum Gasteiger partial charge on any atom is 0.419 e. The van der Waals surface area contributed by atoms with Crippen molar-refractivity contribution in [3.63, 3.8) is 0 Å². The Hall–Kier alpha value is -3.21. The Balaban J connectivity index is 1.60. The lowest BCUT2D eigenvalue weighted by Gasteiger charge is -2.33. The van der Waals surface area contributed by atoms with Crippen LogP contribution in [0.2, 0.25) is 0 Å². The van der Waals surface area contributed by atoms with E-state index in [-0.39, 0.29) is 17.5 Å². The summed E-state index contributed by atoms with van der Waals surface area (Å²) in [7, 11) is 0. The number of para-hydroxylation sites is 1. The van der Waals surface area contributed by atoms with Crippen LogP contribution in [0, 0.1) is 5.41 Å². The summed E-state index contributed by atoms with van der Waals surface area (Å²) in [5.74, 6) is 4.67. The third-order valence-corrected chi connectivity index (χ3v) is 5.20. The first-order valence-electron chi connectivity index (χ1n) is 10.4. The summed E-state index contributed by atoms with van der Waals surface area (Å²) in [6, 6.07) is 8.18. The molecule has 3 rings (SSSR count). The van der Waals surface area contributed by atoms with Crippen molar-refractivity contribution in [1.29, 1.82) is 0 Å². The fraction of sp³-hybridized carbons (Fsp3) is 0.455. The number of anilines is 1. The minimum atomic E-state index is -4.48. The zero-order valence-electron chi connectivity index (χ0n) is 18.6. The number of alkyl halides is 3. The number of hydrazine groups is 1. The summed E-state index contributed by atoms with van der Waals surface area (Å²) < 4.78 is 45.2. The highest BCUT2D eigenvalue weighted by Crippen LogP contribution is 2.37. The first-order valence-corrected chi connectivity index (χ1v) is 10.4. The smallest absolute Gasteiger partial charge is 0.419 e. The third-order valence-electron chi connectivity index (χ3n) is 5.20. The van der Waals surface area contributed by atoms with Gasteiger partial charge in [0, 0.05) is 31.3 Å². The van der Waals surface area contributed by atoms with Gasteiger partial charge in [-0.3, -0.25) is 9.59 Å². The van der Waals surface area contributed by atoms with Crippen LogP contribution in [0.1, 0.15) is 49.7 Å². The molecule has 178 valence electrons. The Labute approximate surface area is 189 Å². The first-order chi connectivity index (χ1) is 15.4. The van der Waals surface area contributed by atoms with Gasteiger partial charge in [0.1, 0.15) is 11.9 Å². The first kappa shape index (κ1) is 24.4. The molecule has 0 unspecified atom stereocenters. The van der Waals surface area contributed by atoms with E-state index in [0.29, 0.717) is 36.8 Å². The number of benzene rings is 1. The number of halogens is 3. The van der Waals surface area contributed by atoms with Crippen molar-refractivity contribution in [2.45, 2.75) is 45.9 Å². The topological polar surface area (TPSA) is 102 Å². The van der Waals surface area contributed by atoms with Gasteiger partial charge in [0.15, 0.2) is 11.5 Å². The Bertz CT molecular complexity index is 998. The number of piperidine rings is 1. The van der Waals surface area contributed by atoms with Crippen molar-refractivity contribution in [3.05, 3.63) is 47.7 Å². The van der Waals surface area contributed by atoms with E-state index >= 15 is 0 Å². The molecule has 11 heteroatoms. The lowest BCUT2D eigenvalue weighted by atomic mass is 9.95. The number of imide groups is 1. The van der Waals surface area contributed by atoms with Crippen LogP contribution in [-0.2, 0) is 11.0 Å². The molecule has 1 saturated heterocycles. The molecule has 0 aliphatic carbocycles. The van der Waals surface area contributed by atoms with Crippen molar-refractivity contribution >= 4 is 17.6 Å².